The van der Waals surface area contributed by atoms with Gasteiger partial charge < -0.3 is 19.1 Å². The second kappa shape index (κ2) is 9.11. The Balaban J connectivity index is 1.62. The van der Waals surface area contributed by atoms with Crippen LogP contribution in [0.3, 0.4) is 0 Å². The van der Waals surface area contributed by atoms with Crippen LogP contribution in [-0.4, -0.2) is 43.2 Å². The first-order valence-electron chi connectivity index (χ1n) is 9.76. The number of carbonyl (C=O) groups excluding carboxylic acids is 1. The average Bonchev–Trinajstić information content (AvgIpc) is 2.69. The summed E-state index contributed by atoms with van der Waals surface area (Å²) in [4.78, 5) is 14.9. The molecule has 3 unspecified atom stereocenters. The Bertz CT molecular complexity index is 792. The van der Waals surface area contributed by atoms with Gasteiger partial charge in [-0.05, 0) is 44.0 Å². The Labute approximate surface area is 167 Å². The molecule has 2 aromatic carbocycles. The monoisotopic (exact) mass is 383 g/mol. The van der Waals surface area contributed by atoms with Crippen LogP contribution in [0.1, 0.15) is 37.5 Å². The lowest BCUT2D eigenvalue weighted by Crippen LogP contribution is -2.53. The molecule has 1 saturated heterocycles. The Kier molecular flexibility index (Phi) is 6.57. The smallest absolute Gasteiger partial charge is 0.226 e. The third kappa shape index (κ3) is 4.47. The minimum absolute atomic E-state index is 0.0347. The topological polar surface area (TPSA) is 48.0 Å². The Morgan fingerprint density at radius 1 is 1.14 bits per heavy atom. The highest BCUT2D eigenvalue weighted by molar-refractivity contribution is 5.77. The van der Waals surface area contributed by atoms with E-state index in [-0.39, 0.29) is 24.1 Å². The van der Waals surface area contributed by atoms with E-state index in [1.54, 1.807) is 7.11 Å². The van der Waals surface area contributed by atoms with Gasteiger partial charge in [0.2, 0.25) is 5.91 Å². The van der Waals surface area contributed by atoms with Gasteiger partial charge in [0.25, 0.3) is 0 Å². The van der Waals surface area contributed by atoms with Crippen molar-refractivity contribution in [2.45, 2.75) is 45.4 Å². The van der Waals surface area contributed by atoms with E-state index < -0.39 is 0 Å². The molecule has 5 nitrogen and oxygen atoms in total. The van der Waals surface area contributed by atoms with E-state index >= 15 is 0 Å². The number of nitrogens with zero attached hydrogens (tertiary/aromatic N) is 1. The minimum atomic E-state index is -0.112. The fraction of sp³-hybridized carbons (Fsp3) is 0.435. The van der Waals surface area contributed by atoms with Gasteiger partial charge in [-0.1, -0.05) is 36.4 Å². The van der Waals surface area contributed by atoms with Gasteiger partial charge in [-0.15, -0.1) is 0 Å². The van der Waals surface area contributed by atoms with Crippen LogP contribution >= 0.6 is 0 Å². The van der Waals surface area contributed by atoms with E-state index in [1.165, 1.54) is 0 Å². The summed E-state index contributed by atoms with van der Waals surface area (Å²) < 4.78 is 17.2. The molecule has 1 fully saturated rings. The van der Waals surface area contributed by atoms with Crippen molar-refractivity contribution < 1.29 is 19.0 Å². The predicted octanol–water partition coefficient (Wildman–Crippen LogP) is 4.15. The molecule has 0 aliphatic carbocycles. The summed E-state index contributed by atoms with van der Waals surface area (Å²) in [6.07, 6.45) is 0.201. The van der Waals surface area contributed by atoms with Crippen LogP contribution in [0, 0.1) is 6.92 Å². The third-order valence-electron chi connectivity index (χ3n) is 5.18. The number of ether oxygens (including phenoxy) is 3. The summed E-state index contributed by atoms with van der Waals surface area (Å²) >= 11 is 0. The van der Waals surface area contributed by atoms with Crippen LogP contribution < -0.4 is 9.47 Å². The lowest BCUT2D eigenvalue weighted by Gasteiger charge is -2.44. The number of methoxy groups -OCH3 is 1. The van der Waals surface area contributed by atoms with Crippen molar-refractivity contribution in [3.63, 3.8) is 0 Å². The highest BCUT2D eigenvalue weighted by Gasteiger charge is 2.36. The molecule has 0 N–H and O–H groups in total. The molecular weight excluding hydrogens is 354 g/mol. The molecule has 3 rings (SSSR count). The number of carbonyl (C=O) groups is 1. The van der Waals surface area contributed by atoms with E-state index in [0.29, 0.717) is 31.1 Å². The van der Waals surface area contributed by atoms with Crippen molar-refractivity contribution in [1.82, 2.24) is 4.90 Å². The molecule has 1 heterocycles. The molecule has 3 atom stereocenters. The number of hydrogen-bond acceptors (Lipinski definition) is 4. The van der Waals surface area contributed by atoms with Gasteiger partial charge >= 0.3 is 0 Å². The standard InChI is InChI=1S/C23H29NO4/c1-16-10-11-20(21(14-16)26-4)27-13-12-22(25)24-17(2)15-28-23(18(24)3)19-8-6-5-7-9-19/h5-11,14,17-18,23H,12-13,15H2,1-4H3. The zero-order chi connectivity index (χ0) is 20.1. The summed E-state index contributed by atoms with van der Waals surface area (Å²) in [6.45, 7) is 6.92. The number of hydrogen-bond donors (Lipinski definition) is 0. The third-order valence-corrected chi connectivity index (χ3v) is 5.18. The molecule has 28 heavy (non-hydrogen) atoms. The van der Waals surface area contributed by atoms with Gasteiger partial charge in [-0.3, -0.25) is 4.79 Å². The van der Waals surface area contributed by atoms with Crippen molar-refractivity contribution in [2.75, 3.05) is 20.3 Å². The number of benzene rings is 2. The van der Waals surface area contributed by atoms with E-state index in [2.05, 4.69) is 6.92 Å². The molecule has 0 bridgehead atoms. The van der Waals surface area contributed by atoms with Crippen LogP contribution in [0.4, 0.5) is 0 Å². The molecule has 0 saturated carbocycles. The normalized spacial score (nSPS) is 22.0. The highest BCUT2D eigenvalue weighted by Crippen LogP contribution is 2.32. The van der Waals surface area contributed by atoms with Gasteiger partial charge in [-0.2, -0.15) is 0 Å². The van der Waals surface area contributed by atoms with Crippen LogP contribution in [0.15, 0.2) is 48.5 Å². The molecule has 1 aliphatic heterocycles. The second-order valence-corrected chi connectivity index (χ2v) is 7.31. The zero-order valence-corrected chi connectivity index (χ0v) is 17.1. The minimum Gasteiger partial charge on any atom is -0.493 e. The average molecular weight is 383 g/mol. The molecule has 2 aromatic rings. The van der Waals surface area contributed by atoms with Crippen molar-refractivity contribution in [2.24, 2.45) is 0 Å². The van der Waals surface area contributed by atoms with Gasteiger partial charge in [0.05, 0.1) is 38.8 Å². The Morgan fingerprint density at radius 3 is 2.61 bits per heavy atom. The van der Waals surface area contributed by atoms with Gasteiger partial charge in [0, 0.05) is 0 Å². The van der Waals surface area contributed by atoms with E-state index in [4.69, 9.17) is 14.2 Å². The lowest BCUT2D eigenvalue weighted by atomic mass is 9.98. The van der Waals surface area contributed by atoms with Gasteiger partial charge in [-0.25, -0.2) is 0 Å². The summed E-state index contributed by atoms with van der Waals surface area (Å²) in [6, 6.07) is 15.9. The van der Waals surface area contributed by atoms with Crippen LogP contribution in [0.5, 0.6) is 11.5 Å². The number of morpholine rings is 1. The largest absolute Gasteiger partial charge is 0.493 e. The number of amides is 1. The van der Waals surface area contributed by atoms with E-state index in [1.807, 2.05) is 67.3 Å². The fourth-order valence-corrected chi connectivity index (χ4v) is 3.77. The van der Waals surface area contributed by atoms with Crippen LogP contribution in [0.2, 0.25) is 0 Å². The second-order valence-electron chi connectivity index (χ2n) is 7.31. The quantitative estimate of drug-likeness (QED) is 0.752. The molecule has 1 aliphatic rings. The number of rotatable bonds is 6. The Hall–Kier alpha value is -2.53. The maximum Gasteiger partial charge on any atom is 0.226 e. The number of aryl methyl sites for hydroxylation is 1. The van der Waals surface area contributed by atoms with Crippen LogP contribution in [0.25, 0.3) is 0 Å². The van der Waals surface area contributed by atoms with E-state index in [0.717, 1.165) is 11.1 Å². The van der Waals surface area contributed by atoms with Crippen molar-refractivity contribution in [3.8, 4) is 11.5 Å². The first-order chi connectivity index (χ1) is 13.5. The first kappa shape index (κ1) is 20.2. The maximum absolute atomic E-state index is 13.0. The lowest BCUT2D eigenvalue weighted by molar-refractivity contribution is -0.153. The summed E-state index contributed by atoms with van der Waals surface area (Å²) in [5.41, 5.74) is 2.20. The highest BCUT2D eigenvalue weighted by atomic mass is 16.5. The van der Waals surface area contributed by atoms with Gasteiger partial charge in [0.1, 0.15) is 6.10 Å². The van der Waals surface area contributed by atoms with Crippen molar-refractivity contribution in [1.29, 1.82) is 0 Å². The molecule has 150 valence electrons. The summed E-state index contributed by atoms with van der Waals surface area (Å²) in [5.74, 6) is 1.42. The molecule has 0 aromatic heterocycles. The first-order valence-corrected chi connectivity index (χ1v) is 9.76. The summed E-state index contributed by atoms with van der Waals surface area (Å²) in [5, 5.41) is 0. The molecule has 0 radical (unpaired) electrons. The van der Waals surface area contributed by atoms with Crippen molar-refractivity contribution in [3.05, 3.63) is 59.7 Å². The van der Waals surface area contributed by atoms with Crippen molar-refractivity contribution >= 4 is 5.91 Å². The van der Waals surface area contributed by atoms with E-state index in [9.17, 15) is 4.79 Å². The SMILES string of the molecule is COc1cc(C)ccc1OCCC(=O)N1C(C)COC(c2ccccc2)C1C. The molecule has 0 spiro atoms. The zero-order valence-electron chi connectivity index (χ0n) is 17.1. The molecular formula is C23H29NO4. The molecule has 1 amide bonds. The maximum atomic E-state index is 13.0. The Morgan fingerprint density at radius 2 is 1.89 bits per heavy atom. The van der Waals surface area contributed by atoms with Gasteiger partial charge in [0.15, 0.2) is 11.5 Å². The molecule has 5 heteroatoms. The summed E-state index contributed by atoms with van der Waals surface area (Å²) in [7, 11) is 1.62. The van der Waals surface area contributed by atoms with Crippen LogP contribution in [-0.2, 0) is 9.53 Å². The predicted molar refractivity (Wildman–Crippen MR) is 109 cm³/mol. The fourth-order valence-electron chi connectivity index (χ4n) is 3.77.